The Morgan fingerprint density at radius 3 is 2.82 bits per heavy atom. The fourth-order valence-electron chi connectivity index (χ4n) is 2.36. The molecule has 2 rings (SSSR count). The lowest BCUT2D eigenvalue weighted by atomic mass is 9.68. The first-order valence-electron chi connectivity index (χ1n) is 6.17. The van der Waals surface area contributed by atoms with Gasteiger partial charge < -0.3 is 15.0 Å². The molecule has 1 aromatic heterocycles. The van der Waals surface area contributed by atoms with Crippen molar-refractivity contribution >= 4 is 5.91 Å². The van der Waals surface area contributed by atoms with E-state index in [1.807, 2.05) is 25.4 Å². The number of hydrogen-bond donors (Lipinski definition) is 2. The predicted molar refractivity (Wildman–Crippen MR) is 65.5 cm³/mol. The van der Waals surface area contributed by atoms with E-state index < -0.39 is 5.41 Å². The summed E-state index contributed by atoms with van der Waals surface area (Å²) in [5.74, 6) is 0.0952. The number of amides is 1. The summed E-state index contributed by atoms with van der Waals surface area (Å²) in [6, 6.07) is 3.97. The standard InChI is InChI=1S/C13H20N2O2/c1-15(9-5-11-4-2-8-14-11)12(17)13(10-16)6-3-7-13/h2,4,8,14,16H,3,5-7,9-10H2,1H3. The lowest BCUT2D eigenvalue weighted by Gasteiger charge is -2.41. The second-order valence-electron chi connectivity index (χ2n) is 4.96. The van der Waals surface area contributed by atoms with Crippen LogP contribution in [0.25, 0.3) is 0 Å². The Bertz CT molecular complexity index is 363. The van der Waals surface area contributed by atoms with Crippen LogP contribution in [-0.4, -0.2) is 41.1 Å². The van der Waals surface area contributed by atoms with Crippen LogP contribution in [0.15, 0.2) is 18.3 Å². The average molecular weight is 236 g/mol. The number of H-pyrrole nitrogens is 1. The molecule has 0 spiro atoms. The van der Waals surface area contributed by atoms with Crippen LogP contribution in [0.2, 0.25) is 0 Å². The normalized spacial score (nSPS) is 17.5. The molecule has 1 fully saturated rings. The van der Waals surface area contributed by atoms with Crippen molar-refractivity contribution in [2.75, 3.05) is 20.2 Å². The predicted octanol–water partition coefficient (Wildman–Crippen LogP) is 1.18. The third-order valence-electron chi connectivity index (χ3n) is 3.79. The minimum atomic E-state index is -0.468. The van der Waals surface area contributed by atoms with Gasteiger partial charge in [0.2, 0.25) is 5.91 Å². The molecule has 1 aromatic rings. The minimum absolute atomic E-state index is 0.0152. The van der Waals surface area contributed by atoms with Gasteiger partial charge >= 0.3 is 0 Å². The van der Waals surface area contributed by atoms with Crippen molar-refractivity contribution in [2.24, 2.45) is 5.41 Å². The Labute approximate surface area is 102 Å². The zero-order valence-corrected chi connectivity index (χ0v) is 10.3. The third kappa shape index (κ3) is 2.36. The fourth-order valence-corrected chi connectivity index (χ4v) is 2.36. The molecule has 0 atom stereocenters. The molecule has 1 saturated carbocycles. The van der Waals surface area contributed by atoms with Gasteiger partial charge in [-0.05, 0) is 25.0 Å². The van der Waals surface area contributed by atoms with Crippen molar-refractivity contribution in [1.82, 2.24) is 9.88 Å². The first kappa shape index (κ1) is 12.2. The Morgan fingerprint density at radius 2 is 2.35 bits per heavy atom. The molecule has 1 aliphatic carbocycles. The van der Waals surface area contributed by atoms with E-state index in [1.165, 1.54) is 0 Å². The molecule has 0 unspecified atom stereocenters. The van der Waals surface area contributed by atoms with Gasteiger partial charge in [0.15, 0.2) is 0 Å². The maximum atomic E-state index is 12.2. The smallest absolute Gasteiger partial charge is 0.230 e. The topological polar surface area (TPSA) is 56.3 Å². The maximum absolute atomic E-state index is 12.2. The van der Waals surface area contributed by atoms with E-state index >= 15 is 0 Å². The summed E-state index contributed by atoms with van der Waals surface area (Å²) < 4.78 is 0. The summed E-state index contributed by atoms with van der Waals surface area (Å²) in [6.07, 6.45) is 5.43. The van der Waals surface area contributed by atoms with Gasteiger partial charge in [0, 0.05) is 31.9 Å². The minimum Gasteiger partial charge on any atom is -0.395 e. The molecule has 4 heteroatoms. The lowest BCUT2D eigenvalue weighted by Crippen LogP contribution is -2.49. The zero-order chi connectivity index (χ0) is 12.3. The van der Waals surface area contributed by atoms with Crippen molar-refractivity contribution in [2.45, 2.75) is 25.7 Å². The van der Waals surface area contributed by atoms with Crippen molar-refractivity contribution in [3.63, 3.8) is 0 Å². The third-order valence-corrected chi connectivity index (χ3v) is 3.79. The molecule has 0 bridgehead atoms. The quantitative estimate of drug-likeness (QED) is 0.806. The van der Waals surface area contributed by atoms with E-state index in [4.69, 9.17) is 0 Å². The molecule has 2 N–H and O–H groups in total. The molecular formula is C13H20N2O2. The molecule has 17 heavy (non-hydrogen) atoms. The summed E-state index contributed by atoms with van der Waals surface area (Å²) in [5, 5.41) is 9.35. The van der Waals surface area contributed by atoms with Gasteiger partial charge in [-0.3, -0.25) is 4.79 Å². The SMILES string of the molecule is CN(CCc1ccc[nH]1)C(=O)C1(CO)CCC1. The van der Waals surface area contributed by atoms with Crippen LogP contribution < -0.4 is 0 Å². The summed E-state index contributed by atoms with van der Waals surface area (Å²) in [4.78, 5) is 17.1. The number of carbonyl (C=O) groups is 1. The number of hydrogen-bond acceptors (Lipinski definition) is 2. The number of rotatable bonds is 5. The van der Waals surface area contributed by atoms with Crippen LogP contribution in [0, 0.1) is 5.41 Å². The number of nitrogens with one attached hydrogen (secondary N) is 1. The molecule has 1 heterocycles. The average Bonchev–Trinajstić information content (AvgIpc) is 2.77. The van der Waals surface area contributed by atoms with E-state index in [0.717, 1.165) is 31.4 Å². The van der Waals surface area contributed by atoms with Crippen molar-refractivity contribution in [3.05, 3.63) is 24.0 Å². The molecule has 1 amide bonds. The molecule has 0 radical (unpaired) electrons. The van der Waals surface area contributed by atoms with E-state index in [9.17, 15) is 9.90 Å². The summed E-state index contributed by atoms with van der Waals surface area (Å²) >= 11 is 0. The number of aliphatic hydroxyl groups excluding tert-OH is 1. The Hall–Kier alpha value is -1.29. The van der Waals surface area contributed by atoms with Crippen LogP contribution in [0.5, 0.6) is 0 Å². The number of carbonyl (C=O) groups excluding carboxylic acids is 1. The monoisotopic (exact) mass is 236 g/mol. The number of nitrogens with zero attached hydrogens (tertiary/aromatic N) is 1. The molecule has 0 aromatic carbocycles. The van der Waals surface area contributed by atoms with Crippen molar-refractivity contribution in [3.8, 4) is 0 Å². The second kappa shape index (κ2) is 4.92. The van der Waals surface area contributed by atoms with Crippen molar-refractivity contribution < 1.29 is 9.90 Å². The number of likely N-dealkylation sites (N-methyl/N-ethyl adjacent to an activating group) is 1. The van der Waals surface area contributed by atoms with Gasteiger partial charge in [0.05, 0.1) is 12.0 Å². The molecule has 0 aliphatic heterocycles. The lowest BCUT2D eigenvalue weighted by molar-refractivity contribution is -0.149. The highest BCUT2D eigenvalue weighted by molar-refractivity contribution is 5.83. The number of aliphatic hydroxyl groups is 1. The number of aromatic amines is 1. The Kier molecular flexibility index (Phi) is 3.52. The molecular weight excluding hydrogens is 216 g/mol. The van der Waals surface area contributed by atoms with E-state index in [-0.39, 0.29) is 12.5 Å². The number of aromatic nitrogens is 1. The molecule has 94 valence electrons. The molecule has 4 nitrogen and oxygen atoms in total. The first-order valence-corrected chi connectivity index (χ1v) is 6.17. The van der Waals surface area contributed by atoms with Crippen LogP contribution >= 0.6 is 0 Å². The fraction of sp³-hybridized carbons (Fsp3) is 0.615. The largest absolute Gasteiger partial charge is 0.395 e. The van der Waals surface area contributed by atoms with Gasteiger partial charge in [0.25, 0.3) is 0 Å². The highest BCUT2D eigenvalue weighted by Crippen LogP contribution is 2.41. The Morgan fingerprint density at radius 1 is 1.59 bits per heavy atom. The highest BCUT2D eigenvalue weighted by Gasteiger charge is 2.44. The molecule has 1 aliphatic rings. The zero-order valence-electron chi connectivity index (χ0n) is 10.3. The van der Waals surface area contributed by atoms with Crippen LogP contribution in [0.4, 0.5) is 0 Å². The van der Waals surface area contributed by atoms with Gasteiger partial charge in [-0.1, -0.05) is 6.42 Å². The van der Waals surface area contributed by atoms with E-state index in [0.29, 0.717) is 6.54 Å². The molecule has 0 saturated heterocycles. The summed E-state index contributed by atoms with van der Waals surface area (Å²) in [6.45, 7) is 0.680. The van der Waals surface area contributed by atoms with E-state index in [1.54, 1.807) is 4.90 Å². The summed E-state index contributed by atoms with van der Waals surface area (Å²) in [5.41, 5.74) is 0.668. The summed E-state index contributed by atoms with van der Waals surface area (Å²) in [7, 11) is 1.82. The van der Waals surface area contributed by atoms with Gasteiger partial charge in [0.1, 0.15) is 0 Å². The van der Waals surface area contributed by atoms with Gasteiger partial charge in [-0.2, -0.15) is 0 Å². The highest BCUT2D eigenvalue weighted by atomic mass is 16.3. The van der Waals surface area contributed by atoms with E-state index in [2.05, 4.69) is 4.98 Å². The van der Waals surface area contributed by atoms with Crippen LogP contribution in [-0.2, 0) is 11.2 Å². The van der Waals surface area contributed by atoms with Gasteiger partial charge in [-0.15, -0.1) is 0 Å². The maximum Gasteiger partial charge on any atom is 0.230 e. The second-order valence-corrected chi connectivity index (χ2v) is 4.96. The van der Waals surface area contributed by atoms with Crippen molar-refractivity contribution in [1.29, 1.82) is 0 Å². The first-order chi connectivity index (χ1) is 8.18. The Balaban J connectivity index is 1.87. The van der Waals surface area contributed by atoms with Gasteiger partial charge in [-0.25, -0.2) is 0 Å². The van der Waals surface area contributed by atoms with Crippen LogP contribution in [0.1, 0.15) is 25.0 Å². The van der Waals surface area contributed by atoms with Crippen LogP contribution in [0.3, 0.4) is 0 Å².